The molecule has 2 aromatic rings. The second-order valence-electron chi connectivity index (χ2n) is 3.40. The molecular weight excluding hydrogens is 286 g/mol. The van der Waals surface area contributed by atoms with Crippen molar-refractivity contribution in [1.82, 2.24) is 10.2 Å². The van der Waals surface area contributed by atoms with Crippen LogP contribution in [0.3, 0.4) is 0 Å². The fourth-order valence-electron chi connectivity index (χ4n) is 1.53. The average molecular weight is 298 g/mol. The van der Waals surface area contributed by atoms with E-state index in [0.717, 1.165) is 16.0 Å². The van der Waals surface area contributed by atoms with E-state index in [1.807, 2.05) is 12.1 Å². The van der Waals surface area contributed by atoms with Crippen molar-refractivity contribution in [2.45, 2.75) is 19.4 Å². The molecule has 3 nitrogen and oxygen atoms in total. The van der Waals surface area contributed by atoms with Crippen LogP contribution in [-0.4, -0.2) is 10.2 Å². The monoisotopic (exact) mass is 297 g/mol. The summed E-state index contributed by atoms with van der Waals surface area (Å²) in [5, 5.41) is 12.1. The summed E-state index contributed by atoms with van der Waals surface area (Å²) in [6.45, 7) is 2.15. The van der Waals surface area contributed by atoms with Gasteiger partial charge in [0.05, 0.1) is 6.04 Å². The number of anilines is 1. The van der Waals surface area contributed by atoms with E-state index in [-0.39, 0.29) is 6.04 Å². The standard InChI is InChI=1S/C11H12BrN3S/c1-2-10(14-11-15-13-7-16-11)8-4-3-5-9(12)6-8/h3-7,10H,2H2,1H3,(H,14,15). The molecule has 16 heavy (non-hydrogen) atoms. The Hall–Kier alpha value is -0.940. The Morgan fingerprint density at radius 2 is 2.38 bits per heavy atom. The minimum atomic E-state index is 0.283. The van der Waals surface area contributed by atoms with E-state index in [1.54, 1.807) is 5.51 Å². The van der Waals surface area contributed by atoms with Crippen molar-refractivity contribution in [3.8, 4) is 0 Å². The van der Waals surface area contributed by atoms with Gasteiger partial charge in [-0.1, -0.05) is 46.3 Å². The molecule has 84 valence electrons. The van der Waals surface area contributed by atoms with Crippen LogP contribution in [0.25, 0.3) is 0 Å². The Morgan fingerprint density at radius 1 is 1.50 bits per heavy atom. The van der Waals surface area contributed by atoms with Crippen LogP contribution in [0.2, 0.25) is 0 Å². The normalized spacial score (nSPS) is 12.4. The molecule has 0 spiro atoms. The molecule has 0 aliphatic rings. The van der Waals surface area contributed by atoms with E-state index in [9.17, 15) is 0 Å². The first-order valence-electron chi connectivity index (χ1n) is 5.07. The predicted molar refractivity (Wildman–Crippen MR) is 70.7 cm³/mol. The summed E-state index contributed by atoms with van der Waals surface area (Å²) < 4.78 is 1.10. The Kier molecular flexibility index (Phi) is 3.90. The maximum Gasteiger partial charge on any atom is 0.205 e. The molecule has 0 amide bonds. The molecule has 0 bridgehead atoms. The highest BCUT2D eigenvalue weighted by molar-refractivity contribution is 9.10. The van der Waals surface area contributed by atoms with Crippen molar-refractivity contribution in [3.05, 3.63) is 39.8 Å². The molecule has 2 rings (SSSR count). The van der Waals surface area contributed by atoms with E-state index in [1.165, 1.54) is 16.9 Å². The first-order chi connectivity index (χ1) is 7.79. The highest BCUT2D eigenvalue weighted by Gasteiger charge is 2.10. The zero-order valence-corrected chi connectivity index (χ0v) is 11.3. The van der Waals surface area contributed by atoms with Crippen LogP contribution >= 0.6 is 27.3 Å². The molecule has 1 aromatic heterocycles. The number of nitrogens with zero attached hydrogens (tertiary/aromatic N) is 2. The van der Waals surface area contributed by atoms with Gasteiger partial charge in [-0.05, 0) is 24.1 Å². The maximum absolute atomic E-state index is 4.00. The largest absolute Gasteiger partial charge is 0.353 e. The van der Waals surface area contributed by atoms with E-state index < -0.39 is 0 Å². The van der Waals surface area contributed by atoms with Gasteiger partial charge in [0.15, 0.2) is 0 Å². The molecule has 0 aliphatic carbocycles. The van der Waals surface area contributed by atoms with Gasteiger partial charge in [0, 0.05) is 4.47 Å². The molecular formula is C11H12BrN3S. The molecule has 1 atom stereocenters. The summed E-state index contributed by atoms with van der Waals surface area (Å²) in [5.74, 6) is 0. The third kappa shape index (κ3) is 2.80. The van der Waals surface area contributed by atoms with Gasteiger partial charge in [-0.15, -0.1) is 10.2 Å². The lowest BCUT2D eigenvalue weighted by Gasteiger charge is -2.16. The van der Waals surface area contributed by atoms with Gasteiger partial charge in [0.1, 0.15) is 5.51 Å². The number of benzene rings is 1. The van der Waals surface area contributed by atoms with Gasteiger partial charge >= 0.3 is 0 Å². The second kappa shape index (κ2) is 5.41. The molecule has 0 saturated carbocycles. The van der Waals surface area contributed by atoms with Crippen molar-refractivity contribution in [2.24, 2.45) is 0 Å². The first-order valence-corrected chi connectivity index (χ1v) is 6.75. The summed E-state index contributed by atoms with van der Waals surface area (Å²) in [5.41, 5.74) is 2.99. The Balaban J connectivity index is 2.16. The molecule has 5 heteroatoms. The number of nitrogens with one attached hydrogen (secondary N) is 1. The molecule has 0 radical (unpaired) electrons. The minimum absolute atomic E-state index is 0.283. The quantitative estimate of drug-likeness (QED) is 0.931. The highest BCUT2D eigenvalue weighted by atomic mass is 79.9. The lowest BCUT2D eigenvalue weighted by atomic mass is 10.1. The first kappa shape index (κ1) is 11.5. The van der Waals surface area contributed by atoms with E-state index >= 15 is 0 Å². The van der Waals surface area contributed by atoms with Crippen molar-refractivity contribution in [1.29, 1.82) is 0 Å². The number of rotatable bonds is 4. The van der Waals surface area contributed by atoms with Crippen LogP contribution in [0.4, 0.5) is 5.13 Å². The zero-order valence-electron chi connectivity index (χ0n) is 8.85. The SMILES string of the molecule is CCC(Nc1nncs1)c1cccc(Br)c1. The molecule has 1 aromatic carbocycles. The van der Waals surface area contributed by atoms with Crippen molar-refractivity contribution >= 4 is 32.4 Å². The molecule has 0 aliphatic heterocycles. The molecule has 0 saturated heterocycles. The highest BCUT2D eigenvalue weighted by Crippen LogP contribution is 2.25. The summed E-state index contributed by atoms with van der Waals surface area (Å²) in [6, 6.07) is 8.60. The molecule has 1 heterocycles. The number of halogens is 1. The summed E-state index contributed by atoms with van der Waals surface area (Å²) in [7, 11) is 0. The number of aromatic nitrogens is 2. The van der Waals surface area contributed by atoms with Crippen LogP contribution in [0, 0.1) is 0 Å². The topological polar surface area (TPSA) is 37.8 Å². The lowest BCUT2D eigenvalue weighted by molar-refractivity contribution is 0.745. The Bertz CT molecular complexity index is 444. The van der Waals surface area contributed by atoms with Gasteiger partial charge in [0.25, 0.3) is 0 Å². The summed E-state index contributed by atoms with van der Waals surface area (Å²) in [4.78, 5) is 0. The summed E-state index contributed by atoms with van der Waals surface area (Å²) in [6.07, 6.45) is 1.01. The fraction of sp³-hybridized carbons (Fsp3) is 0.273. The van der Waals surface area contributed by atoms with Gasteiger partial charge in [-0.2, -0.15) is 0 Å². The molecule has 0 fully saturated rings. The lowest BCUT2D eigenvalue weighted by Crippen LogP contribution is -2.09. The van der Waals surface area contributed by atoms with Crippen LogP contribution in [0.15, 0.2) is 34.2 Å². The van der Waals surface area contributed by atoms with Crippen LogP contribution in [0.5, 0.6) is 0 Å². The van der Waals surface area contributed by atoms with Gasteiger partial charge in [-0.25, -0.2) is 0 Å². The smallest absolute Gasteiger partial charge is 0.205 e. The van der Waals surface area contributed by atoms with Gasteiger partial charge in [-0.3, -0.25) is 0 Å². The van der Waals surface area contributed by atoms with Crippen molar-refractivity contribution < 1.29 is 0 Å². The van der Waals surface area contributed by atoms with Crippen molar-refractivity contribution in [2.75, 3.05) is 5.32 Å². The summed E-state index contributed by atoms with van der Waals surface area (Å²) >= 11 is 5.00. The number of hydrogen-bond donors (Lipinski definition) is 1. The molecule has 1 N–H and O–H groups in total. The van der Waals surface area contributed by atoms with E-state index in [0.29, 0.717) is 0 Å². The average Bonchev–Trinajstić information content (AvgIpc) is 2.78. The third-order valence-electron chi connectivity index (χ3n) is 2.32. The fourth-order valence-corrected chi connectivity index (χ4v) is 2.45. The predicted octanol–water partition coefficient (Wildman–Crippen LogP) is 3.86. The maximum atomic E-state index is 4.00. The number of hydrogen-bond acceptors (Lipinski definition) is 4. The second-order valence-corrected chi connectivity index (χ2v) is 5.15. The van der Waals surface area contributed by atoms with Crippen molar-refractivity contribution in [3.63, 3.8) is 0 Å². The third-order valence-corrected chi connectivity index (χ3v) is 3.43. The zero-order chi connectivity index (χ0) is 11.4. The minimum Gasteiger partial charge on any atom is -0.353 e. The van der Waals surface area contributed by atoms with E-state index in [2.05, 4.69) is 50.5 Å². The Labute approximate surface area is 107 Å². The van der Waals surface area contributed by atoms with Gasteiger partial charge in [0.2, 0.25) is 5.13 Å². The van der Waals surface area contributed by atoms with Gasteiger partial charge < -0.3 is 5.32 Å². The van der Waals surface area contributed by atoms with E-state index in [4.69, 9.17) is 0 Å². The van der Waals surface area contributed by atoms with Crippen LogP contribution < -0.4 is 5.32 Å². The van der Waals surface area contributed by atoms with Crippen LogP contribution in [-0.2, 0) is 0 Å². The Morgan fingerprint density at radius 3 is 3.00 bits per heavy atom. The molecule has 1 unspecified atom stereocenters. The van der Waals surface area contributed by atoms with Crippen LogP contribution in [0.1, 0.15) is 24.9 Å².